The zero-order chi connectivity index (χ0) is 15.6. The molecule has 0 aliphatic carbocycles. The van der Waals surface area contributed by atoms with Crippen molar-refractivity contribution in [2.75, 3.05) is 12.8 Å². The zero-order valence-electron chi connectivity index (χ0n) is 11.6. The molecule has 2 aromatic carbocycles. The van der Waals surface area contributed by atoms with E-state index in [4.69, 9.17) is 22.1 Å². The summed E-state index contributed by atoms with van der Waals surface area (Å²) in [6, 6.07) is 9.64. The summed E-state index contributed by atoms with van der Waals surface area (Å²) in [5, 5.41) is 0.402. The molecular formula is C14H15ClN2O3S. The fourth-order valence-electron chi connectivity index (χ4n) is 1.74. The van der Waals surface area contributed by atoms with E-state index in [9.17, 15) is 8.42 Å². The summed E-state index contributed by atoms with van der Waals surface area (Å²) in [4.78, 5) is -0.0401. The number of halogens is 1. The number of nitrogens with one attached hydrogen (secondary N) is 1. The molecule has 0 amide bonds. The smallest absolute Gasteiger partial charge is 0.244 e. The van der Waals surface area contributed by atoms with Crippen LogP contribution < -0.4 is 15.2 Å². The lowest BCUT2D eigenvalue weighted by molar-refractivity contribution is 0.467. The number of rotatable bonds is 4. The van der Waals surface area contributed by atoms with Gasteiger partial charge >= 0.3 is 0 Å². The van der Waals surface area contributed by atoms with Gasteiger partial charge in [0.1, 0.15) is 16.4 Å². The summed E-state index contributed by atoms with van der Waals surface area (Å²) in [5.41, 5.74) is 6.95. The highest BCUT2D eigenvalue weighted by Gasteiger charge is 2.19. The van der Waals surface area contributed by atoms with Gasteiger partial charge in [-0.3, -0.25) is 0 Å². The molecule has 0 heterocycles. The second kappa shape index (κ2) is 5.93. The summed E-state index contributed by atoms with van der Waals surface area (Å²) in [7, 11) is -2.37. The van der Waals surface area contributed by atoms with Gasteiger partial charge in [0.2, 0.25) is 10.0 Å². The average molecular weight is 327 g/mol. The minimum absolute atomic E-state index is 0.0401. The number of sulfonamides is 1. The summed E-state index contributed by atoms with van der Waals surface area (Å²) < 4.78 is 31.9. The Bertz CT molecular complexity index is 776. The molecule has 0 spiro atoms. The number of hydrogen-bond donors (Lipinski definition) is 2. The Hall–Kier alpha value is -1.76. The summed E-state index contributed by atoms with van der Waals surface area (Å²) in [6.07, 6.45) is 0. The van der Waals surface area contributed by atoms with Crippen LogP contribution in [0, 0.1) is 6.92 Å². The molecule has 0 aliphatic rings. The Kier molecular flexibility index (Phi) is 4.41. The number of benzene rings is 2. The maximum atomic E-state index is 12.0. The molecule has 21 heavy (non-hydrogen) atoms. The van der Waals surface area contributed by atoms with Gasteiger partial charge in [-0.05, 0) is 49.9 Å². The largest absolute Gasteiger partial charge is 0.454 e. The van der Waals surface area contributed by atoms with Crippen molar-refractivity contribution in [2.24, 2.45) is 0 Å². The highest BCUT2D eigenvalue weighted by molar-refractivity contribution is 7.89. The van der Waals surface area contributed by atoms with Gasteiger partial charge in [-0.15, -0.1) is 0 Å². The molecule has 0 aliphatic heterocycles. The van der Waals surface area contributed by atoms with E-state index in [-0.39, 0.29) is 10.6 Å². The minimum Gasteiger partial charge on any atom is -0.454 e. The van der Waals surface area contributed by atoms with Gasteiger partial charge in [-0.1, -0.05) is 17.7 Å². The number of nitrogen functional groups attached to an aromatic ring is 1. The molecule has 0 unspecified atom stereocenters. The normalized spacial score (nSPS) is 11.4. The Morgan fingerprint density at radius 3 is 2.43 bits per heavy atom. The Morgan fingerprint density at radius 1 is 1.14 bits per heavy atom. The lowest BCUT2D eigenvalue weighted by Gasteiger charge is -2.13. The third-order valence-corrected chi connectivity index (χ3v) is 4.56. The fourth-order valence-corrected chi connectivity index (χ4v) is 2.90. The molecule has 2 rings (SSSR count). The molecule has 112 valence electrons. The van der Waals surface area contributed by atoms with Crippen LogP contribution >= 0.6 is 11.6 Å². The first kappa shape index (κ1) is 15.6. The van der Waals surface area contributed by atoms with Gasteiger partial charge in [0.05, 0.1) is 5.02 Å². The first-order chi connectivity index (χ1) is 9.83. The first-order valence-electron chi connectivity index (χ1n) is 6.10. The monoisotopic (exact) mass is 326 g/mol. The van der Waals surface area contributed by atoms with Crippen LogP contribution in [0.4, 0.5) is 5.69 Å². The van der Waals surface area contributed by atoms with Gasteiger partial charge in [0.15, 0.2) is 0 Å². The van der Waals surface area contributed by atoms with E-state index < -0.39 is 10.0 Å². The van der Waals surface area contributed by atoms with Crippen LogP contribution in [-0.4, -0.2) is 15.5 Å². The van der Waals surface area contributed by atoms with Crippen LogP contribution in [-0.2, 0) is 10.0 Å². The molecule has 0 saturated carbocycles. The van der Waals surface area contributed by atoms with Crippen molar-refractivity contribution < 1.29 is 13.2 Å². The Labute approximate surface area is 128 Å². The number of anilines is 1. The predicted molar refractivity (Wildman–Crippen MR) is 83.4 cm³/mol. The van der Waals surface area contributed by atoms with Gasteiger partial charge in [0.25, 0.3) is 0 Å². The molecule has 5 nitrogen and oxygen atoms in total. The summed E-state index contributed by atoms with van der Waals surface area (Å²) >= 11 is 6.10. The van der Waals surface area contributed by atoms with Gasteiger partial charge < -0.3 is 10.5 Å². The lowest BCUT2D eigenvalue weighted by Crippen LogP contribution is -2.19. The molecule has 0 radical (unpaired) electrons. The van der Waals surface area contributed by atoms with E-state index in [2.05, 4.69) is 4.72 Å². The third-order valence-electron chi connectivity index (χ3n) is 2.83. The highest BCUT2D eigenvalue weighted by atomic mass is 35.5. The second-order valence-electron chi connectivity index (χ2n) is 4.45. The van der Waals surface area contributed by atoms with Gasteiger partial charge in [0, 0.05) is 5.69 Å². The first-order valence-corrected chi connectivity index (χ1v) is 7.96. The SMILES string of the molecule is CNS(=O)(=O)c1cc(N)ccc1Oc1ccc(C)cc1Cl. The molecular weight excluding hydrogens is 312 g/mol. The van der Waals surface area contributed by atoms with Crippen molar-refractivity contribution in [2.45, 2.75) is 11.8 Å². The Balaban J connectivity index is 2.50. The number of aryl methyl sites for hydroxylation is 1. The molecule has 0 saturated heterocycles. The minimum atomic E-state index is -3.69. The maximum absolute atomic E-state index is 12.0. The van der Waals surface area contributed by atoms with Crippen molar-refractivity contribution in [3.05, 3.63) is 47.0 Å². The average Bonchev–Trinajstić information content (AvgIpc) is 2.43. The quantitative estimate of drug-likeness (QED) is 0.846. The van der Waals surface area contributed by atoms with Crippen LogP contribution in [0.15, 0.2) is 41.3 Å². The summed E-state index contributed by atoms with van der Waals surface area (Å²) in [5.74, 6) is 0.531. The van der Waals surface area contributed by atoms with Crippen molar-refractivity contribution >= 4 is 27.3 Å². The van der Waals surface area contributed by atoms with Crippen LogP contribution in [0.3, 0.4) is 0 Å². The fraction of sp³-hybridized carbons (Fsp3) is 0.143. The predicted octanol–water partition coefficient (Wildman–Crippen LogP) is 2.93. The molecule has 0 fully saturated rings. The lowest BCUT2D eigenvalue weighted by atomic mass is 10.2. The van der Waals surface area contributed by atoms with E-state index >= 15 is 0 Å². The molecule has 0 atom stereocenters. The van der Waals surface area contributed by atoms with Gasteiger partial charge in [-0.25, -0.2) is 13.1 Å². The molecule has 3 N–H and O–H groups in total. The molecule has 7 heteroatoms. The standard InChI is InChI=1S/C14H15ClN2O3S/c1-9-3-5-12(11(15)7-9)20-13-6-4-10(16)8-14(13)21(18,19)17-2/h3-8,17H,16H2,1-2H3. The Morgan fingerprint density at radius 2 is 1.81 bits per heavy atom. The van der Waals surface area contributed by atoms with Crippen LogP contribution in [0.1, 0.15) is 5.56 Å². The molecule has 0 bridgehead atoms. The van der Waals surface area contributed by atoms with E-state index in [0.717, 1.165) is 5.56 Å². The second-order valence-corrected chi connectivity index (χ2v) is 6.71. The van der Waals surface area contributed by atoms with Crippen LogP contribution in [0.2, 0.25) is 5.02 Å². The van der Waals surface area contributed by atoms with E-state index in [1.165, 1.54) is 19.2 Å². The maximum Gasteiger partial charge on any atom is 0.244 e. The number of ether oxygens (including phenoxy) is 1. The van der Waals surface area contributed by atoms with Crippen LogP contribution in [0.25, 0.3) is 0 Å². The van der Waals surface area contributed by atoms with Crippen molar-refractivity contribution in [1.82, 2.24) is 4.72 Å². The van der Waals surface area contributed by atoms with Crippen molar-refractivity contribution in [1.29, 1.82) is 0 Å². The van der Waals surface area contributed by atoms with Crippen molar-refractivity contribution in [3.63, 3.8) is 0 Å². The zero-order valence-corrected chi connectivity index (χ0v) is 13.1. The third kappa shape index (κ3) is 3.47. The van der Waals surface area contributed by atoms with E-state index in [1.807, 2.05) is 13.0 Å². The summed E-state index contributed by atoms with van der Waals surface area (Å²) in [6.45, 7) is 1.90. The number of hydrogen-bond acceptors (Lipinski definition) is 4. The van der Waals surface area contributed by atoms with Crippen LogP contribution in [0.5, 0.6) is 11.5 Å². The highest BCUT2D eigenvalue weighted by Crippen LogP contribution is 2.34. The van der Waals surface area contributed by atoms with Crippen molar-refractivity contribution in [3.8, 4) is 11.5 Å². The topological polar surface area (TPSA) is 81.4 Å². The van der Waals surface area contributed by atoms with E-state index in [1.54, 1.807) is 18.2 Å². The van der Waals surface area contributed by atoms with Gasteiger partial charge in [-0.2, -0.15) is 0 Å². The number of nitrogens with two attached hydrogens (primary N) is 1. The molecule has 2 aromatic rings. The molecule has 0 aromatic heterocycles. The van der Waals surface area contributed by atoms with E-state index in [0.29, 0.717) is 16.5 Å².